The molecule has 0 saturated carbocycles. The summed E-state index contributed by atoms with van der Waals surface area (Å²) in [6.07, 6.45) is 3.96. The Morgan fingerprint density at radius 1 is 1.10 bits per heavy atom. The van der Waals surface area contributed by atoms with E-state index in [2.05, 4.69) is 4.98 Å². The number of carbonyl (C=O) groups is 2. The van der Waals surface area contributed by atoms with Gasteiger partial charge in [-0.1, -0.05) is 0 Å². The Hall–Kier alpha value is -4.40. The number of aldehydes is 1. The molecule has 3 aromatic rings. The van der Waals surface area contributed by atoms with Gasteiger partial charge in [0.1, 0.15) is 30.3 Å². The van der Waals surface area contributed by atoms with E-state index in [1.54, 1.807) is 31.0 Å². The average Bonchev–Trinajstić information content (AvgIpc) is 3.15. The van der Waals surface area contributed by atoms with Gasteiger partial charge in [0.2, 0.25) is 0 Å². The minimum absolute atomic E-state index is 0.0133. The van der Waals surface area contributed by atoms with Gasteiger partial charge in [-0.25, -0.2) is 4.39 Å². The van der Waals surface area contributed by atoms with E-state index in [1.165, 1.54) is 19.2 Å². The molecule has 4 rings (SSSR count). The molecule has 1 aliphatic rings. The van der Waals surface area contributed by atoms with E-state index in [9.17, 15) is 14.9 Å². The van der Waals surface area contributed by atoms with Crippen molar-refractivity contribution < 1.29 is 28.2 Å². The second-order valence-electron chi connectivity index (χ2n) is 9.63. The number of ether oxygens (including phenoxy) is 3. The van der Waals surface area contributed by atoms with E-state index in [4.69, 9.17) is 26.4 Å². The highest BCUT2D eigenvalue weighted by atomic mass is 32.1. The lowest BCUT2D eigenvalue weighted by Crippen LogP contribution is -2.44. The van der Waals surface area contributed by atoms with Gasteiger partial charge in [-0.2, -0.15) is 5.26 Å². The molecule has 0 bridgehead atoms. The third-order valence-electron chi connectivity index (χ3n) is 6.60. The predicted octanol–water partition coefficient (Wildman–Crippen LogP) is 5.06. The van der Waals surface area contributed by atoms with E-state index in [1.807, 2.05) is 36.4 Å². The molecule has 0 aliphatic carbocycles. The van der Waals surface area contributed by atoms with Crippen LogP contribution in [0.15, 0.2) is 54.7 Å². The van der Waals surface area contributed by atoms with Crippen molar-refractivity contribution >= 4 is 40.9 Å². The summed E-state index contributed by atoms with van der Waals surface area (Å²) in [5.74, 6) is -0.792. The number of nitriles is 1. The number of unbranched alkanes of at least 4 members (excludes halogenated alkanes) is 1. The summed E-state index contributed by atoms with van der Waals surface area (Å²) in [6.45, 7) is 4.58. The number of rotatable bonds is 12. The molecule has 1 aliphatic heterocycles. The SMILES string of the molecule is COc1c(C#N)ccc(N2C(=O)C(C)(C)N(c3ccc(-c4ccc(OCCCCOCC=O)cc4)nc3)C2=S)c1F. The Morgan fingerprint density at radius 2 is 1.83 bits per heavy atom. The number of carbonyl (C=O) groups excluding carboxylic acids is 2. The van der Waals surface area contributed by atoms with Crippen molar-refractivity contribution in [1.29, 1.82) is 5.26 Å². The molecule has 212 valence electrons. The summed E-state index contributed by atoms with van der Waals surface area (Å²) in [7, 11) is 1.26. The molecular formula is C30H29FN4O5S. The minimum Gasteiger partial charge on any atom is -0.494 e. The first-order valence-electron chi connectivity index (χ1n) is 12.9. The number of nitrogens with zero attached hydrogens (tertiary/aromatic N) is 4. The number of amides is 1. The first-order valence-corrected chi connectivity index (χ1v) is 13.3. The maximum Gasteiger partial charge on any atom is 0.259 e. The largest absolute Gasteiger partial charge is 0.494 e. The molecule has 9 nitrogen and oxygen atoms in total. The smallest absolute Gasteiger partial charge is 0.259 e. The quantitative estimate of drug-likeness (QED) is 0.166. The van der Waals surface area contributed by atoms with Crippen molar-refractivity contribution in [3.8, 4) is 28.8 Å². The standard InChI is InChI=1S/C30H29FN4O5S/c1-30(2)28(37)34(25-13-8-21(18-32)27(38-3)26(25)31)29(41)35(30)22-9-12-24(33-19-22)20-6-10-23(11-7-20)40-16-5-4-15-39-17-14-36/h6-14,19H,4-5,15-17H2,1-3H3. The second kappa shape index (κ2) is 12.8. The summed E-state index contributed by atoms with van der Waals surface area (Å²) < 4.78 is 31.3. The molecule has 1 aromatic heterocycles. The number of thiocarbonyl (C=S) groups is 1. The first-order chi connectivity index (χ1) is 19.7. The maximum atomic E-state index is 15.3. The highest BCUT2D eigenvalue weighted by Gasteiger charge is 2.51. The molecule has 0 N–H and O–H groups in total. The minimum atomic E-state index is -1.13. The molecule has 2 aromatic carbocycles. The molecule has 0 unspecified atom stereocenters. The van der Waals surface area contributed by atoms with E-state index in [-0.39, 0.29) is 28.7 Å². The van der Waals surface area contributed by atoms with Crippen LogP contribution in [0, 0.1) is 17.1 Å². The fraction of sp³-hybridized carbons (Fsp3) is 0.300. The lowest BCUT2D eigenvalue weighted by Gasteiger charge is -2.29. The number of benzene rings is 2. The summed E-state index contributed by atoms with van der Waals surface area (Å²) in [4.78, 5) is 31.1. The Kier molecular flexibility index (Phi) is 9.27. The van der Waals surface area contributed by atoms with Gasteiger partial charge < -0.3 is 23.9 Å². The van der Waals surface area contributed by atoms with Crippen LogP contribution in [-0.4, -0.2) is 54.8 Å². The van der Waals surface area contributed by atoms with Crippen LogP contribution in [0.25, 0.3) is 11.3 Å². The molecule has 2 heterocycles. The van der Waals surface area contributed by atoms with Crippen LogP contribution < -0.4 is 19.3 Å². The molecule has 1 fully saturated rings. The van der Waals surface area contributed by atoms with E-state index in [0.717, 1.165) is 35.3 Å². The van der Waals surface area contributed by atoms with Crippen molar-refractivity contribution in [2.75, 3.05) is 36.7 Å². The second-order valence-corrected chi connectivity index (χ2v) is 10.00. The van der Waals surface area contributed by atoms with Crippen LogP contribution in [0.3, 0.4) is 0 Å². The first kappa shape index (κ1) is 29.6. The molecule has 0 spiro atoms. The predicted molar refractivity (Wildman–Crippen MR) is 156 cm³/mol. The molecule has 0 atom stereocenters. The van der Waals surface area contributed by atoms with Crippen LogP contribution in [-0.2, 0) is 14.3 Å². The van der Waals surface area contributed by atoms with Crippen molar-refractivity contribution in [2.24, 2.45) is 0 Å². The third kappa shape index (κ3) is 6.04. The molecule has 41 heavy (non-hydrogen) atoms. The van der Waals surface area contributed by atoms with E-state index in [0.29, 0.717) is 24.6 Å². The maximum absolute atomic E-state index is 15.3. The van der Waals surface area contributed by atoms with Gasteiger partial charge in [0.05, 0.1) is 42.5 Å². The zero-order chi connectivity index (χ0) is 29.6. The zero-order valence-electron chi connectivity index (χ0n) is 22.9. The fourth-order valence-corrected chi connectivity index (χ4v) is 5.00. The number of methoxy groups -OCH3 is 1. The Morgan fingerprint density at radius 3 is 2.46 bits per heavy atom. The number of hydrogen-bond donors (Lipinski definition) is 0. The number of anilines is 2. The van der Waals surface area contributed by atoms with Crippen LogP contribution in [0.2, 0.25) is 0 Å². The van der Waals surface area contributed by atoms with Crippen LogP contribution in [0.5, 0.6) is 11.5 Å². The zero-order valence-corrected chi connectivity index (χ0v) is 23.7. The topological polar surface area (TPSA) is 105 Å². The highest BCUT2D eigenvalue weighted by Crippen LogP contribution is 2.39. The van der Waals surface area contributed by atoms with Crippen LogP contribution in [0.4, 0.5) is 15.8 Å². The van der Waals surface area contributed by atoms with Gasteiger partial charge in [0, 0.05) is 12.2 Å². The molecule has 11 heteroatoms. The van der Waals surface area contributed by atoms with Gasteiger partial charge >= 0.3 is 0 Å². The van der Waals surface area contributed by atoms with Gasteiger partial charge in [0.25, 0.3) is 5.91 Å². The van der Waals surface area contributed by atoms with Gasteiger partial charge in [-0.3, -0.25) is 14.7 Å². The van der Waals surface area contributed by atoms with Crippen LogP contribution in [0.1, 0.15) is 32.3 Å². The Bertz CT molecular complexity index is 1470. The lowest BCUT2D eigenvalue weighted by molar-refractivity contribution is -0.120. The number of aromatic nitrogens is 1. The number of hydrogen-bond acceptors (Lipinski definition) is 8. The van der Waals surface area contributed by atoms with Crippen molar-refractivity contribution in [3.63, 3.8) is 0 Å². The molecular weight excluding hydrogens is 547 g/mol. The Labute approximate surface area is 243 Å². The van der Waals surface area contributed by atoms with Gasteiger partial charge in [-0.05, 0) is 87.4 Å². The number of pyridine rings is 1. The monoisotopic (exact) mass is 576 g/mol. The molecule has 0 radical (unpaired) electrons. The normalized spacial score (nSPS) is 14.2. The molecule has 1 amide bonds. The summed E-state index contributed by atoms with van der Waals surface area (Å²) in [5, 5.41) is 9.34. The average molecular weight is 577 g/mol. The summed E-state index contributed by atoms with van der Waals surface area (Å²) >= 11 is 5.66. The fourth-order valence-electron chi connectivity index (χ4n) is 4.49. The lowest BCUT2D eigenvalue weighted by atomic mass is 10.0. The molecule has 1 saturated heterocycles. The van der Waals surface area contributed by atoms with Gasteiger partial charge in [-0.15, -0.1) is 0 Å². The van der Waals surface area contributed by atoms with Crippen molar-refractivity contribution in [3.05, 3.63) is 66.1 Å². The summed E-state index contributed by atoms with van der Waals surface area (Å²) in [5.41, 5.74) is 0.940. The Balaban J connectivity index is 1.48. The highest BCUT2D eigenvalue weighted by molar-refractivity contribution is 7.81. The van der Waals surface area contributed by atoms with Gasteiger partial charge in [0.15, 0.2) is 16.7 Å². The van der Waals surface area contributed by atoms with Crippen LogP contribution >= 0.6 is 12.2 Å². The van der Waals surface area contributed by atoms with Crippen molar-refractivity contribution in [2.45, 2.75) is 32.2 Å². The van der Waals surface area contributed by atoms with E-state index < -0.39 is 17.3 Å². The third-order valence-corrected chi connectivity index (χ3v) is 6.97. The summed E-state index contributed by atoms with van der Waals surface area (Å²) in [6, 6.07) is 15.8. The van der Waals surface area contributed by atoms with Crippen molar-refractivity contribution in [1.82, 2.24) is 4.98 Å². The van der Waals surface area contributed by atoms with E-state index >= 15 is 4.39 Å². The number of halogens is 1.